The standard InChI is InChI=1S/C17H12F4N4O3/c1-3-4-24-12-6-11(9(18)5-10(12)22-8-15(24)27)25-14(26)7-13(17(19,20)21)23(2)16(25)28/h1,5-7,22H,4,8H2,2H3. The Morgan fingerprint density at radius 3 is 2.46 bits per heavy atom. The fourth-order valence-corrected chi connectivity index (χ4v) is 2.87. The fraction of sp³-hybridized carbons (Fsp3) is 0.235. The minimum atomic E-state index is -4.94. The molecule has 1 amide bonds. The molecule has 2 heterocycles. The first-order valence-electron chi connectivity index (χ1n) is 7.78. The number of rotatable bonds is 2. The Kier molecular flexibility index (Phi) is 4.50. The molecule has 28 heavy (non-hydrogen) atoms. The molecular formula is C17H12F4N4O3. The van der Waals surface area contributed by atoms with Gasteiger partial charge < -0.3 is 5.32 Å². The Balaban J connectivity index is 2.28. The molecule has 7 nitrogen and oxygen atoms in total. The summed E-state index contributed by atoms with van der Waals surface area (Å²) in [4.78, 5) is 37.8. The molecule has 1 aliphatic heterocycles. The van der Waals surface area contributed by atoms with Gasteiger partial charge in [0.15, 0.2) is 0 Å². The number of hydrogen-bond acceptors (Lipinski definition) is 4. The third kappa shape index (κ3) is 3.02. The molecule has 0 atom stereocenters. The molecule has 2 aromatic rings. The number of alkyl halides is 3. The van der Waals surface area contributed by atoms with Crippen molar-refractivity contribution in [3.8, 4) is 18.0 Å². The number of nitrogens with zero attached hydrogens (tertiary/aromatic N) is 3. The molecule has 0 spiro atoms. The van der Waals surface area contributed by atoms with Crippen LogP contribution in [0.2, 0.25) is 0 Å². The number of benzene rings is 1. The summed E-state index contributed by atoms with van der Waals surface area (Å²) in [7, 11) is 0.813. The van der Waals surface area contributed by atoms with Crippen LogP contribution in [0, 0.1) is 18.2 Å². The molecule has 1 N–H and O–H groups in total. The summed E-state index contributed by atoms with van der Waals surface area (Å²) in [5, 5.41) is 2.67. The monoisotopic (exact) mass is 396 g/mol. The van der Waals surface area contributed by atoms with E-state index in [9.17, 15) is 31.9 Å². The summed E-state index contributed by atoms with van der Waals surface area (Å²) >= 11 is 0. The van der Waals surface area contributed by atoms with Crippen LogP contribution < -0.4 is 21.5 Å². The highest BCUT2D eigenvalue weighted by molar-refractivity contribution is 6.03. The number of amides is 1. The molecule has 11 heteroatoms. The molecule has 3 rings (SSSR count). The normalized spacial score (nSPS) is 13.7. The highest BCUT2D eigenvalue weighted by Crippen LogP contribution is 2.33. The van der Waals surface area contributed by atoms with Gasteiger partial charge in [0.05, 0.1) is 30.2 Å². The van der Waals surface area contributed by atoms with E-state index in [0.717, 1.165) is 24.1 Å². The average Bonchev–Trinajstić information content (AvgIpc) is 2.60. The van der Waals surface area contributed by atoms with E-state index in [0.29, 0.717) is 0 Å². The van der Waals surface area contributed by atoms with Gasteiger partial charge in [-0.25, -0.2) is 13.8 Å². The zero-order valence-corrected chi connectivity index (χ0v) is 14.3. The Morgan fingerprint density at radius 2 is 1.86 bits per heavy atom. The first kappa shape index (κ1) is 19.2. The zero-order valence-electron chi connectivity index (χ0n) is 14.3. The van der Waals surface area contributed by atoms with Gasteiger partial charge in [-0.2, -0.15) is 13.2 Å². The molecule has 146 valence electrons. The van der Waals surface area contributed by atoms with E-state index < -0.39 is 40.5 Å². The fourth-order valence-electron chi connectivity index (χ4n) is 2.87. The summed E-state index contributed by atoms with van der Waals surface area (Å²) in [6.07, 6.45) is 0.286. The average molecular weight is 396 g/mol. The van der Waals surface area contributed by atoms with E-state index in [1.54, 1.807) is 0 Å². The van der Waals surface area contributed by atoms with Crippen LogP contribution in [0.1, 0.15) is 5.69 Å². The van der Waals surface area contributed by atoms with Crippen molar-refractivity contribution in [2.75, 3.05) is 23.3 Å². The lowest BCUT2D eigenvalue weighted by molar-refractivity contribution is -0.144. The van der Waals surface area contributed by atoms with E-state index in [1.165, 1.54) is 0 Å². The van der Waals surface area contributed by atoms with Crippen LogP contribution in [0.5, 0.6) is 0 Å². The summed E-state index contributed by atoms with van der Waals surface area (Å²) in [5.41, 5.74) is -4.54. The molecule has 1 aliphatic rings. The van der Waals surface area contributed by atoms with Gasteiger partial charge >= 0.3 is 11.9 Å². The van der Waals surface area contributed by atoms with Crippen molar-refractivity contribution in [1.29, 1.82) is 0 Å². The van der Waals surface area contributed by atoms with Crippen molar-refractivity contribution in [3.05, 3.63) is 50.5 Å². The topological polar surface area (TPSA) is 76.3 Å². The lowest BCUT2D eigenvalue weighted by atomic mass is 10.1. The van der Waals surface area contributed by atoms with Gasteiger partial charge in [-0.15, -0.1) is 6.42 Å². The minimum Gasteiger partial charge on any atom is -0.374 e. The smallest absolute Gasteiger partial charge is 0.374 e. The minimum absolute atomic E-state index is 0.0967. The van der Waals surface area contributed by atoms with E-state index in [1.807, 2.05) is 0 Å². The van der Waals surface area contributed by atoms with Crippen LogP contribution in [0.4, 0.5) is 28.9 Å². The van der Waals surface area contributed by atoms with Gasteiger partial charge in [0, 0.05) is 19.2 Å². The zero-order chi connectivity index (χ0) is 20.8. The lowest BCUT2D eigenvalue weighted by Crippen LogP contribution is -2.42. The van der Waals surface area contributed by atoms with Crippen molar-refractivity contribution in [2.24, 2.45) is 7.05 Å². The maximum Gasteiger partial charge on any atom is 0.431 e. The highest BCUT2D eigenvalue weighted by atomic mass is 19.4. The number of anilines is 2. The number of carbonyl (C=O) groups excluding carboxylic acids is 1. The van der Waals surface area contributed by atoms with Crippen molar-refractivity contribution < 1.29 is 22.4 Å². The van der Waals surface area contributed by atoms with E-state index in [-0.39, 0.29) is 39.7 Å². The molecule has 0 saturated heterocycles. The van der Waals surface area contributed by atoms with Crippen LogP contribution in [0.15, 0.2) is 27.8 Å². The molecule has 0 radical (unpaired) electrons. The number of fused-ring (bicyclic) bond motifs is 1. The number of nitrogens with one attached hydrogen (secondary N) is 1. The molecule has 0 fully saturated rings. The SMILES string of the molecule is C#CCN1C(=O)CNc2cc(F)c(-n3c(=O)cc(C(F)(F)F)n(C)c3=O)cc21. The van der Waals surface area contributed by atoms with E-state index >= 15 is 0 Å². The predicted octanol–water partition coefficient (Wildman–Crippen LogP) is 1.09. The number of terminal acetylenes is 1. The first-order valence-corrected chi connectivity index (χ1v) is 7.78. The van der Waals surface area contributed by atoms with Gasteiger partial charge in [0.1, 0.15) is 11.5 Å². The maximum atomic E-state index is 14.6. The molecule has 0 unspecified atom stereocenters. The largest absolute Gasteiger partial charge is 0.431 e. The van der Waals surface area contributed by atoms with Gasteiger partial charge in [0.25, 0.3) is 5.56 Å². The summed E-state index contributed by atoms with van der Waals surface area (Å²) in [5.74, 6) is 0.787. The second-order valence-electron chi connectivity index (χ2n) is 5.90. The molecule has 0 aliphatic carbocycles. The third-order valence-electron chi connectivity index (χ3n) is 4.19. The van der Waals surface area contributed by atoms with Crippen LogP contribution in [0.3, 0.4) is 0 Å². The molecule has 0 saturated carbocycles. The van der Waals surface area contributed by atoms with Crippen LogP contribution in [-0.2, 0) is 18.0 Å². The number of carbonyl (C=O) groups is 1. The number of halogens is 4. The first-order chi connectivity index (χ1) is 13.1. The van der Waals surface area contributed by atoms with Crippen molar-refractivity contribution in [1.82, 2.24) is 9.13 Å². The van der Waals surface area contributed by atoms with Crippen molar-refractivity contribution >= 4 is 17.3 Å². The summed E-state index contributed by atoms with van der Waals surface area (Å²) < 4.78 is 54.0. The van der Waals surface area contributed by atoms with Crippen molar-refractivity contribution in [3.63, 3.8) is 0 Å². The van der Waals surface area contributed by atoms with Gasteiger partial charge in [-0.1, -0.05) is 5.92 Å². The Bertz CT molecular complexity index is 1140. The molecule has 1 aromatic heterocycles. The lowest BCUT2D eigenvalue weighted by Gasteiger charge is -2.29. The maximum absolute atomic E-state index is 14.6. The predicted molar refractivity (Wildman–Crippen MR) is 91.9 cm³/mol. The van der Waals surface area contributed by atoms with Gasteiger partial charge in [0.2, 0.25) is 5.91 Å². The third-order valence-corrected chi connectivity index (χ3v) is 4.19. The quantitative estimate of drug-likeness (QED) is 0.609. The van der Waals surface area contributed by atoms with Crippen molar-refractivity contribution in [2.45, 2.75) is 6.18 Å². The van der Waals surface area contributed by atoms with Crippen LogP contribution in [-0.4, -0.2) is 28.1 Å². The molecule has 0 bridgehead atoms. The number of aromatic nitrogens is 2. The Morgan fingerprint density at radius 1 is 1.18 bits per heavy atom. The Hall–Kier alpha value is -3.55. The van der Waals surface area contributed by atoms with Gasteiger partial charge in [-0.3, -0.25) is 19.1 Å². The Labute approximate surface area is 154 Å². The molecular weight excluding hydrogens is 384 g/mol. The van der Waals surface area contributed by atoms with E-state index in [2.05, 4.69) is 11.2 Å². The highest BCUT2D eigenvalue weighted by Gasteiger charge is 2.35. The number of hydrogen-bond donors (Lipinski definition) is 1. The summed E-state index contributed by atoms with van der Waals surface area (Å²) in [6, 6.07) is 2.15. The van der Waals surface area contributed by atoms with Crippen LogP contribution in [0.25, 0.3) is 5.69 Å². The second kappa shape index (κ2) is 6.56. The summed E-state index contributed by atoms with van der Waals surface area (Å²) in [6.45, 7) is -0.298. The van der Waals surface area contributed by atoms with Crippen LogP contribution >= 0.6 is 0 Å². The second-order valence-corrected chi connectivity index (χ2v) is 5.90. The molecule has 1 aromatic carbocycles. The van der Waals surface area contributed by atoms with Gasteiger partial charge in [-0.05, 0) is 6.07 Å². The van der Waals surface area contributed by atoms with E-state index in [4.69, 9.17) is 6.42 Å².